The summed E-state index contributed by atoms with van der Waals surface area (Å²) in [5.41, 5.74) is 15.5. The molecule has 0 bridgehead atoms. The summed E-state index contributed by atoms with van der Waals surface area (Å²) in [5, 5.41) is 4.36. The number of rotatable bonds is 4. The second-order valence-electron chi connectivity index (χ2n) is 14.9. The number of pyridine rings is 3. The molecule has 8 rings (SSSR count). The van der Waals surface area contributed by atoms with Crippen molar-refractivity contribution in [3.63, 3.8) is 0 Å². The van der Waals surface area contributed by atoms with Crippen LogP contribution in [0.3, 0.4) is 0 Å². The first-order valence-corrected chi connectivity index (χ1v) is 17.5. The number of benzene rings is 4. The summed E-state index contributed by atoms with van der Waals surface area (Å²) in [5.74, 6) is 0. The Kier molecular flexibility index (Phi) is 10.6. The zero-order valence-corrected chi connectivity index (χ0v) is 33.5. The van der Waals surface area contributed by atoms with Crippen LogP contribution in [-0.2, 0) is 26.5 Å². The Morgan fingerprint density at radius 2 is 1.38 bits per heavy atom. The van der Waals surface area contributed by atoms with E-state index >= 15 is 0 Å². The van der Waals surface area contributed by atoms with E-state index in [-0.39, 0.29) is 20.1 Å². The van der Waals surface area contributed by atoms with Gasteiger partial charge in [-0.15, -0.1) is 47.5 Å². The van der Waals surface area contributed by atoms with Gasteiger partial charge in [0.15, 0.2) is 0 Å². The minimum Gasteiger partial charge on any atom is -0.500 e. The molecule has 0 aliphatic carbocycles. The molecule has 52 heavy (non-hydrogen) atoms. The molecule has 0 atom stereocenters. The van der Waals surface area contributed by atoms with E-state index in [0.29, 0.717) is 5.41 Å². The fraction of sp³-hybridized carbons (Fsp3) is 0.213. The van der Waals surface area contributed by atoms with E-state index in [2.05, 4.69) is 141 Å². The maximum atomic E-state index is 6.34. The normalized spacial score (nSPS) is 11.4. The Balaban J connectivity index is 0.000000175. The van der Waals surface area contributed by atoms with Crippen molar-refractivity contribution in [2.45, 2.75) is 61.8 Å². The van der Waals surface area contributed by atoms with Crippen LogP contribution in [0.1, 0.15) is 54.3 Å². The maximum Gasteiger partial charge on any atom is 0.128 e. The Labute approximate surface area is 320 Å². The molecule has 4 aromatic carbocycles. The largest absolute Gasteiger partial charge is 0.500 e. The van der Waals surface area contributed by atoms with Gasteiger partial charge in [0.05, 0.1) is 5.58 Å². The molecule has 1 radical (unpaired) electrons. The van der Waals surface area contributed by atoms with Crippen LogP contribution in [0.4, 0.5) is 0 Å². The van der Waals surface area contributed by atoms with Crippen LogP contribution in [0.5, 0.6) is 0 Å². The van der Waals surface area contributed by atoms with Gasteiger partial charge < -0.3 is 14.4 Å². The molecule has 0 N–H and O–H groups in total. The number of aryl methyl sites for hydroxylation is 5. The summed E-state index contributed by atoms with van der Waals surface area (Å²) in [6.45, 7) is 17.2. The molecule has 0 amide bonds. The van der Waals surface area contributed by atoms with Gasteiger partial charge in [0.1, 0.15) is 5.58 Å². The zero-order chi connectivity index (χ0) is 35.9. The standard InChI is InChI=1S/C25H28N.C22H15N2O.Ir/c1-17-7-10-22(24-13-18(2)19(3)16-26-24)14-23(17)21-11-8-20(9-12-21)15-25(4,5)6;1-13-6-9-20(24-11-13)18-5-3-4-16-17-8-7-15-12-23-14(2)10-19(15)22(17)25-21(16)18;/h7-9,11-14,16H,15H2,1-6H3;3-4,6-12H,1-2H3;/q2*-1;. The van der Waals surface area contributed by atoms with Gasteiger partial charge in [0.2, 0.25) is 0 Å². The van der Waals surface area contributed by atoms with Gasteiger partial charge in [-0.2, -0.15) is 0 Å². The summed E-state index contributed by atoms with van der Waals surface area (Å²) in [4.78, 5) is 13.5. The molecule has 5 heteroatoms. The monoisotopic (exact) mass is 858 g/mol. The van der Waals surface area contributed by atoms with E-state index in [4.69, 9.17) is 4.42 Å². The summed E-state index contributed by atoms with van der Waals surface area (Å²) >= 11 is 0. The second-order valence-corrected chi connectivity index (χ2v) is 14.9. The third-order valence-electron chi connectivity index (χ3n) is 9.41. The first kappa shape index (κ1) is 36.8. The number of hydrogen-bond acceptors (Lipinski definition) is 4. The second kappa shape index (κ2) is 14.9. The van der Waals surface area contributed by atoms with Gasteiger partial charge in [-0.05, 0) is 79.2 Å². The Hall–Kier alpha value is -4.96. The Morgan fingerprint density at radius 3 is 2.10 bits per heavy atom. The van der Waals surface area contributed by atoms with Crippen LogP contribution in [0.15, 0.2) is 108 Å². The molecule has 4 aromatic heterocycles. The van der Waals surface area contributed by atoms with E-state index in [1.165, 1.54) is 33.4 Å². The van der Waals surface area contributed by atoms with E-state index in [9.17, 15) is 0 Å². The van der Waals surface area contributed by atoms with Crippen LogP contribution in [-0.4, -0.2) is 15.0 Å². The van der Waals surface area contributed by atoms with Gasteiger partial charge in [0.25, 0.3) is 0 Å². The number of furan rings is 1. The van der Waals surface area contributed by atoms with Crippen LogP contribution in [0.25, 0.3) is 66.4 Å². The third-order valence-corrected chi connectivity index (χ3v) is 9.41. The number of fused-ring (bicyclic) bond motifs is 5. The van der Waals surface area contributed by atoms with Crippen molar-refractivity contribution in [1.29, 1.82) is 0 Å². The minimum atomic E-state index is 0. The van der Waals surface area contributed by atoms with Gasteiger partial charge in [-0.1, -0.05) is 104 Å². The predicted octanol–water partition coefficient (Wildman–Crippen LogP) is 12.3. The first-order chi connectivity index (χ1) is 24.4. The number of hydrogen-bond donors (Lipinski definition) is 0. The van der Waals surface area contributed by atoms with Crippen molar-refractivity contribution in [3.8, 4) is 33.6 Å². The molecular weight excluding hydrogens is 815 g/mol. The average molecular weight is 858 g/mol. The predicted molar refractivity (Wildman–Crippen MR) is 212 cm³/mol. The maximum absolute atomic E-state index is 6.34. The molecule has 0 saturated heterocycles. The molecule has 0 aliphatic rings. The molecule has 0 aliphatic heterocycles. The van der Waals surface area contributed by atoms with E-state index in [1.54, 1.807) is 0 Å². The molecule has 4 heterocycles. The molecule has 0 unspecified atom stereocenters. The van der Waals surface area contributed by atoms with Crippen molar-refractivity contribution in [2.75, 3.05) is 0 Å². The quantitative estimate of drug-likeness (QED) is 0.165. The van der Waals surface area contributed by atoms with Crippen LogP contribution < -0.4 is 0 Å². The van der Waals surface area contributed by atoms with Crippen LogP contribution >= 0.6 is 0 Å². The Bertz CT molecular complexity index is 2520. The van der Waals surface area contributed by atoms with Crippen molar-refractivity contribution < 1.29 is 24.5 Å². The van der Waals surface area contributed by atoms with Gasteiger partial charge >= 0.3 is 0 Å². The molecular formula is C47H43IrN3O-2. The van der Waals surface area contributed by atoms with Crippen molar-refractivity contribution >= 4 is 32.7 Å². The fourth-order valence-corrected chi connectivity index (χ4v) is 6.53. The van der Waals surface area contributed by atoms with Crippen LogP contribution in [0, 0.1) is 52.2 Å². The summed E-state index contributed by atoms with van der Waals surface area (Å²) in [7, 11) is 0. The van der Waals surface area contributed by atoms with E-state index in [1.807, 2.05) is 44.6 Å². The van der Waals surface area contributed by atoms with E-state index < -0.39 is 0 Å². The molecule has 8 aromatic rings. The number of aromatic nitrogens is 3. The number of nitrogens with zero attached hydrogens (tertiary/aromatic N) is 3. The fourth-order valence-electron chi connectivity index (χ4n) is 6.53. The van der Waals surface area contributed by atoms with Crippen molar-refractivity contribution in [1.82, 2.24) is 15.0 Å². The molecule has 0 fully saturated rings. The van der Waals surface area contributed by atoms with Crippen LogP contribution in [0.2, 0.25) is 0 Å². The summed E-state index contributed by atoms with van der Waals surface area (Å²) < 4.78 is 6.34. The SMILES string of the molecule is Cc1ccc(-c2[c-]ccc3c2oc2c4cc(C)ncc4ccc32)nc1.Cc1cnc(-c2[c-]cc(C)c(-c3ccc(CC(C)(C)C)cc3)c2)cc1C.[Ir]. The van der Waals surface area contributed by atoms with Gasteiger partial charge in [-0.25, -0.2) is 0 Å². The molecule has 0 saturated carbocycles. The topological polar surface area (TPSA) is 51.8 Å². The summed E-state index contributed by atoms with van der Waals surface area (Å²) in [6, 6.07) is 36.4. The zero-order valence-electron chi connectivity index (χ0n) is 31.1. The minimum absolute atomic E-state index is 0. The molecule has 0 spiro atoms. The Morgan fingerprint density at radius 1 is 0.635 bits per heavy atom. The molecule has 263 valence electrons. The van der Waals surface area contributed by atoms with E-state index in [0.717, 1.165) is 72.9 Å². The smallest absolute Gasteiger partial charge is 0.128 e. The van der Waals surface area contributed by atoms with Crippen molar-refractivity contribution in [2.24, 2.45) is 5.41 Å². The molecule has 4 nitrogen and oxygen atoms in total. The van der Waals surface area contributed by atoms with Gasteiger partial charge in [-0.3, -0.25) is 4.98 Å². The summed E-state index contributed by atoms with van der Waals surface area (Å²) in [6.07, 6.45) is 6.80. The van der Waals surface area contributed by atoms with Gasteiger partial charge in [0, 0.05) is 60.5 Å². The van der Waals surface area contributed by atoms with Crippen molar-refractivity contribution in [3.05, 3.63) is 149 Å². The average Bonchev–Trinajstić information content (AvgIpc) is 3.50. The first-order valence-electron chi connectivity index (χ1n) is 17.5. The third kappa shape index (κ3) is 7.77.